The third kappa shape index (κ3) is 2.45. The topological polar surface area (TPSA) is 57.5 Å². The number of carbonyl (C=O) groups is 1. The van der Waals surface area contributed by atoms with Crippen LogP contribution in [0.25, 0.3) is 0 Å². The zero-order valence-corrected chi connectivity index (χ0v) is 14.7. The third-order valence-electron chi connectivity index (χ3n) is 6.42. The molecule has 3 nitrogen and oxygen atoms in total. The van der Waals surface area contributed by atoms with E-state index >= 15 is 0 Å². The van der Waals surface area contributed by atoms with Crippen molar-refractivity contribution in [3.8, 4) is 11.5 Å². The maximum atomic E-state index is 12.4. The number of benzene rings is 2. The molecular formula is C22H24O3. The van der Waals surface area contributed by atoms with Gasteiger partial charge in [0.05, 0.1) is 0 Å². The van der Waals surface area contributed by atoms with E-state index in [2.05, 4.69) is 12.1 Å². The van der Waals surface area contributed by atoms with Gasteiger partial charge in [0.2, 0.25) is 0 Å². The molecule has 0 saturated heterocycles. The van der Waals surface area contributed by atoms with Gasteiger partial charge >= 0.3 is 0 Å². The van der Waals surface area contributed by atoms with Crippen molar-refractivity contribution in [1.82, 2.24) is 0 Å². The molecule has 2 N–H and O–H groups in total. The summed E-state index contributed by atoms with van der Waals surface area (Å²) >= 11 is 0. The average Bonchev–Trinajstić information content (AvgIpc) is 3.13. The Bertz CT molecular complexity index is 801. The first-order valence-corrected chi connectivity index (χ1v) is 9.03. The number of hydrogen-bond acceptors (Lipinski definition) is 3. The lowest BCUT2D eigenvalue weighted by molar-refractivity contribution is -0.121. The van der Waals surface area contributed by atoms with Crippen molar-refractivity contribution in [2.75, 3.05) is 0 Å². The van der Waals surface area contributed by atoms with E-state index in [1.165, 1.54) is 0 Å². The fraction of sp³-hybridized carbons (Fsp3) is 0.409. The summed E-state index contributed by atoms with van der Waals surface area (Å²) in [6, 6.07) is 11.6. The molecule has 0 aliphatic heterocycles. The van der Waals surface area contributed by atoms with E-state index in [1.807, 2.05) is 26.0 Å². The maximum absolute atomic E-state index is 12.4. The Hall–Kier alpha value is -2.29. The van der Waals surface area contributed by atoms with Crippen LogP contribution in [0, 0.1) is 25.7 Å². The summed E-state index contributed by atoms with van der Waals surface area (Å²) in [5.41, 5.74) is 3.82. The van der Waals surface area contributed by atoms with Gasteiger partial charge < -0.3 is 10.2 Å². The van der Waals surface area contributed by atoms with Crippen LogP contribution in [0.15, 0.2) is 36.4 Å². The van der Waals surface area contributed by atoms with E-state index in [1.54, 1.807) is 12.1 Å². The number of phenolic OH excluding ortho intramolecular Hbond substituents is 2. The van der Waals surface area contributed by atoms with Crippen LogP contribution < -0.4 is 0 Å². The largest absolute Gasteiger partial charge is 0.508 e. The summed E-state index contributed by atoms with van der Waals surface area (Å²) in [5.74, 6) is 1.59. The Balaban J connectivity index is 1.88. The van der Waals surface area contributed by atoms with Gasteiger partial charge in [0.1, 0.15) is 17.3 Å². The summed E-state index contributed by atoms with van der Waals surface area (Å²) in [4.78, 5) is 12.4. The fourth-order valence-corrected chi connectivity index (χ4v) is 4.95. The van der Waals surface area contributed by atoms with Gasteiger partial charge in [-0.3, -0.25) is 4.79 Å². The number of aryl methyl sites for hydroxylation is 2. The fourth-order valence-electron chi connectivity index (χ4n) is 4.95. The standard InChI is InChI=1S/C22H24O3/c1-13-9-16(4-7-19(13)23)22(17-5-8-20(24)14(2)10-17)11-15-3-6-21(25)18(15)12-22/h4-5,7-10,15,18,23-24H,3,6,11-12H2,1-2H3. The van der Waals surface area contributed by atoms with E-state index in [0.717, 1.165) is 41.5 Å². The van der Waals surface area contributed by atoms with Crippen molar-refractivity contribution >= 4 is 5.78 Å². The molecule has 0 heterocycles. The van der Waals surface area contributed by atoms with Crippen molar-refractivity contribution in [3.05, 3.63) is 58.7 Å². The number of hydrogen-bond donors (Lipinski definition) is 2. The third-order valence-corrected chi connectivity index (χ3v) is 6.42. The number of ketones is 1. The second-order valence-corrected chi connectivity index (χ2v) is 7.86. The summed E-state index contributed by atoms with van der Waals surface area (Å²) in [5, 5.41) is 19.9. The molecule has 0 aromatic heterocycles. The molecule has 0 spiro atoms. The summed E-state index contributed by atoms with van der Waals surface area (Å²) < 4.78 is 0. The highest BCUT2D eigenvalue weighted by Gasteiger charge is 2.52. The summed E-state index contributed by atoms with van der Waals surface area (Å²) in [6.07, 6.45) is 3.48. The first-order chi connectivity index (χ1) is 11.9. The van der Waals surface area contributed by atoms with Crippen LogP contribution in [0.1, 0.15) is 47.9 Å². The lowest BCUT2D eigenvalue weighted by Gasteiger charge is -2.32. The maximum Gasteiger partial charge on any atom is 0.136 e. The predicted molar refractivity (Wildman–Crippen MR) is 96.9 cm³/mol. The van der Waals surface area contributed by atoms with Crippen LogP contribution >= 0.6 is 0 Å². The second-order valence-electron chi connectivity index (χ2n) is 7.86. The molecule has 4 rings (SSSR count). The SMILES string of the molecule is Cc1cc(C2(c3ccc(O)c(C)c3)CC3CCC(=O)C3C2)ccc1O. The van der Waals surface area contributed by atoms with Gasteiger partial charge in [-0.05, 0) is 73.4 Å². The molecule has 2 aromatic rings. The Morgan fingerprint density at radius 1 is 0.920 bits per heavy atom. The molecule has 3 heteroatoms. The van der Waals surface area contributed by atoms with Crippen LogP contribution in [0.2, 0.25) is 0 Å². The molecule has 2 aliphatic rings. The van der Waals surface area contributed by atoms with Crippen molar-refractivity contribution in [3.63, 3.8) is 0 Å². The first kappa shape index (κ1) is 16.2. The highest BCUT2D eigenvalue weighted by molar-refractivity contribution is 5.84. The Labute approximate surface area is 148 Å². The van der Waals surface area contributed by atoms with E-state index in [4.69, 9.17) is 0 Å². The Kier molecular flexibility index (Phi) is 3.64. The minimum Gasteiger partial charge on any atom is -0.508 e. The predicted octanol–water partition coefficient (Wildman–Crippen LogP) is 4.39. The van der Waals surface area contributed by atoms with E-state index < -0.39 is 0 Å². The van der Waals surface area contributed by atoms with E-state index in [0.29, 0.717) is 29.6 Å². The lowest BCUT2D eigenvalue weighted by Crippen LogP contribution is -2.26. The molecular weight excluding hydrogens is 312 g/mol. The minimum absolute atomic E-state index is 0.142. The zero-order valence-electron chi connectivity index (χ0n) is 14.7. The molecule has 25 heavy (non-hydrogen) atoms. The first-order valence-electron chi connectivity index (χ1n) is 9.03. The minimum atomic E-state index is -0.220. The highest BCUT2D eigenvalue weighted by Crippen LogP contribution is 2.56. The number of Topliss-reactive ketones (excluding diaryl/α,β-unsaturated/α-hetero) is 1. The van der Waals surface area contributed by atoms with Gasteiger partial charge in [-0.2, -0.15) is 0 Å². The molecule has 2 saturated carbocycles. The lowest BCUT2D eigenvalue weighted by atomic mass is 9.71. The zero-order chi connectivity index (χ0) is 17.8. The second kappa shape index (κ2) is 5.62. The van der Waals surface area contributed by atoms with Crippen molar-refractivity contribution in [1.29, 1.82) is 0 Å². The van der Waals surface area contributed by atoms with Gasteiger partial charge in [-0.25, -0.2) is 0 Å². The van der Waals surface area contributed by atoms with E-state index in [-0.39, 0.29) is 11.3 Å². The number of fused-ring (bicyclic) bond motifs is 1. The number of carbonyl (C=O) groups excluding carboxylic acids is 1. The average molecular weight is 336 g/mol. The number of phenols is 2. The van der Waals surface area contributed by atoms with Gasteiger partial charge in [0, 0.05) is 17.8 Å². The molecule has 0 radical (unpaired) electrons. The molecule has 2 fully saturated rings. The van der Waals surface area contributed by atoms with Gasteiger partial charge in [-0.15, -0.1) is 0 Å². The molecule has 0 bridgehead atoms. The van der Waals surface area contributed by atoms with Gasteiger partial charge in [0.25, 0.3) is 0 Å². The molecule has 2 aliphatic carbocycles. The molecule has 2 atom stereocenters. The Morgan fingerprint density at radius 2 is 1.48 bits per heavy atom. The summed E-state index contributed by atoms with van der Waals surface area (Å²) in [7, 11) is 0. The number of aromatic hydroxyl groups is 2. The molecule has 130 valence electrons. The normalized spacial score (nSPS) is 24.5. The van der Waals surface area contributed by atoms with Gasteiger partial charge in [0.15, 0.2) is 0 Å². The quantitative estimate of drug-likeness (QED) is 0.855. The molecule has 2 unspecified atom stereocenters. The van der Waals surface area contributed by atoms with Crippen LogP contribution in [0.4, 0.5) is 0 Å². The number of rotatable bonds is 2. The van der Waals surface area contributed by atoms with Crippen molar-refractivity contribution in [2.24, 2.45) is 11.8 Å². The Morgan fingerprint density at radius 3 is 1.96 bits per heavy atom. The monoisotopic (exact) mass is 336 g/mol. The van der Waals surface area contributed by atoms with Crippen LogP contribution in [0.5, 0.6) is 11.5 Å². The van der Waals surface area contributed by atoms with Gasteiger partial charge in [-0.1, -0.05) is 24.3 Å². The molecule has 0 amide bonds. The van der Waals surface area contributed by atoms with Crippen LogP contribution in [-0.4, -0.2) is 16.0 Å². The van der Waals surface area contributed by atoms with Crippen LogP contribution in [0.3, 0.4) is 0 Å². The summed E-state index contributed by atoms with van der Waals surface area (Å²) in [6.45, 7) is 3.82. The van der Waals surface area contributed by atoms with E-state index in [9.17, 15) is 15.0 Å². The van der Waals surface area contributed by atoms with Crippen LogP contribution in [-0.2, 0) is 10.2 Å². The highest BCUT2D eigenvalue weighted by atomic mass is 16.3. The smallest absolute Gasteiger partial charge is 0.136 e. The van der Waals surface area contributed by atoms with Crippen molar-refractivity contribution in [2.45, 2.75) is 44.9 Å². The van der Waals surface area contributed by atoms with Crippen molar-refractivity contribution < 1.29 is 15.0 Å². The molecule has 2 aromatic carbocycles.